The van der Waals surface area contributed by atoms with Gasteiger partial charge in [0.25, 0.3) is 5.91 Å². The zero-order valence-corrected chi connectivity index (χ0v) is 20.3. The van der Waals surface area contributed by atoms with E-state index in [0.717, 1.165) is 22.6 Å². The molecule has 1 atom stereocenters. The molecule has 2 heterocycles. The van der Waals surface area contributed by atoms with Crippen LogP contribution in [0, 0.1) is 0 Å². The molecule has 0 aliphatic heterocycles. The molecular weight excluding hydrogens is 440 g/mol. The highest BCUT2D eigenvalue weighted by Crippen LogP contribution is 2.25. The normalized spacial score (nSPS) is 12.2. The minimum atomic E-state index is -0.650. The van der Waals surface area contributed by atoms with Crippen molar-refractivity contribution in [3.8, 4) is 11.3 Å². The van der Waals surface area contributed by atoms with Crippen LogP contribution < -0.4 is 10.6 Å². The molecular formula is C24H28N4O2S2. The van der Waals surface area contributed by atoms with Crippen molar-refractivity contribution in [3.05, 3.63) is 65.3 Å². The molecule has 0 saturated heterocycles. The van der Waals surface area contributed by atoms with Gasteiger partial charge in [0.2, 0.25) is 5.91 Å². The summed E-state index contributed by atoms with van der Waals surface area (Å²) in [5.74, 6) is 0.216. The maximum absolute atomic E-state index is 12.9. The smallest absolute Gasteiger partial charge is 0.251 e. The number of carbonyl (C=O) groups excluding carboxylic acids is 2. The van der Waals surface area contributed by atoms with Crippen LogP contribution in [0.1, 0.15) is 43.1 Å². The van der Waals surface area contributed by atoms with Gasteiger partial charge in [-0.2, -0.15) is 11.8 Å². The Labute approximate surface area is 197 Å². The Kier molecular flexibility index (Phi) is 8.04. The fourth-order valence-electron chi connectivity index (χ4n) is 3.04. The molecule has 6 nitrogen and oxygen atoms in total. The van der Waals surface area contributed by atoms with Gasteiger partial charge in [-0.05, 0) is 53.7 Å². The van der Waals surface area contributed by atoms with Crippen molar-refractivity contribution in [1.82, 2.24) is 15.3 Å². The van der Waals surface area contributed by atoms with E-state index in [-0.39, 0.29) is 17.2 Å². The number of nitrogens with one attached hydrogen (secondary N) is 2. The van der Waals surface area contributed by atoms with Crippen molar-refractivity contribution < 1.29 is 9.59 Å². The average molecular weight is 469 g/mol. The quantitative estimate of drug-likeness (QED) is 0.486. The monoisotopic (exact) mass is 468 g/mol. The molecule has 2 N–H and O–H groups in total. The van der Waals surface area contributed by atoms with Crippen LogP contribution in [0.3, 0.4) is 0 Å². The highest BCUT2D eigenvalue weighted by atomic mass is 32.2. The van der Waals surface area contributed by atoms with Crippen LogP contribution in [0.25, 0.3) is 11.3 Å². The lowest BCUT2D eigenvalue weighted by Crippen LogP contribution is -2.44. The van der Waals surface area contributed by atoms with E-state index in [0.29, 0.717) is 17.1 Å². The van der Waals surface area contributed by atoms with E-state index in [1.54, 1.807) is 36.3 Å². The molecule has 2 aromatic heterocycles. The third-order valence-corrected chi connectivity index (χ3v) is 6.34. The number of benzene rings is 1. The number of carbonyl (C=O) groups is 2. The highest BCUT2D eigenvalue weighted by Gasteiger charge is 2.23. The van der Waals surface area contributed by atoms with Crippen LogP contribution in [0.15, 0.2) is 54.2 Å². The maximum atomic E-state index is 12.9. The number of hydrogen-bond donors (Lipinski definition) is 2. The lowest BCUT2D eigenvalue weighted by molar-refractivity contribution is -0.118. The summed E-state index contributed by atoms with van der Waals surface area (Å²) >= 11 is 2.98. The summed E-state index contributed by atoms with van der Waals surface area (Å²) in [5, 5.41) is 8.10. The Morgan fingerprint density at radius 2 is 1.91 bits per heavy atom. The van der Waals surface area contributed by atoms with E-state index in [1.165, 1.54) is 11.3 Å². The van der Waals surface area contributed by atoms with Crippen molar-refractivity contribution in [1.29, 1.82) is 0 Å². The van der Waals surface area contributed by atoms with Gasteiger partial charge in [0.05, 0.1) is 5.69 Å². The topological polar surface area (TPSA) is 84.0 Å². The second-order valence-corrected chi connectivity index (χ2v) is 10.2. The van der Waals surface area contributed by atoms with E-state index < -0.39 is 6.04 Å². The van der Waals surface area contributed by atoms with Crippen LogP contribution in [0.4, 0.5) is 5.13 Å². The fraction of sp³-hybridized carbons (Fsp3) is 0.333. The van der Waals surface area contributed by atoms with Gasteiger partial charge >= 0.3 is 0 Å². The first-order valence-corrected chi connectivity index (χ1v) is 12.6. The maximum Gasteiger partial charge on any atom is 0.251 e. The fourth-order valence-corrected chi connectivity index (χ4v) is 4.23. The zero-order valence-electron chi connectivity index (χ0n) is 18.7. The molecule has 0 aliphatic rings. The van der Waals surface area contributed by atoms with E-state index in [1.807, 2.05) is 35.9 Å². The standard InChI is InChI=1S/C24H28N4O2S2/c1-24(2,3)18-9-7-16(8-10-18)21(29)26-19(11-13-31-4)22(30)28-23-27-20(15-32-23)17-6-5-12-25-14-17/h5-10,12,14-15,19H,11,13H2,1-4H3,(H,26,29)(H,27,28,30). The summed E-state index contributed by atoms with van der Waals surface area (Å²) in [7, 11) is 0. The van der Waals surface area contributed by atoms with Crippen molar-refractivity contribution >= 4 is 40.0 Å². The van der Waals surface area contributed by atoms with Crippen LogP contribution in [-0.4, -0.2) is 39.8 Å². The lowest BCUT2D eigenvalue weighted by Gasteiger charge is -2.20. The van der Waals surface area contributed by atoms with Crippen LogP contribution in [0.5, 0.6) is 0 Å². The zero-order chi connectivity index (χ0) is 23.1. The number of thioether (sulfide) groups is 1. The molecule has 32 heavy (non-hydrogen) atoms. The number of aromatic nitrogens is 2. The first-order chi connectivity index (χ1) is 15.3. The minimum Gasteiger partial charge on any atom is -0.340 e. The van der Waals surface area contributed by atoms with Crippen molar-refractivity contribution in [2.24, 2.45) is 0 Å². The van der Waals surface area contributed by atoms with E-state index in [9.17, 15) is 9.59 Å². The minimum absolute atomic E-state index is 0.0121. The van der Waals surface area contributed by atoms with Gasteiger partial charge in [-0.15, -0.1) is 11.3 Å². The number of thiazole rings is 1. The number of rotatable bonds is 8. The lowest BCUT2D eigenvalue weighted by atomic mass is 9.86. The Morgan fingerprint density at radius 3 is 2.53 bits per heavy atom. The predicted molar refractivity (Wildman–Crippen MR) is 133 cm³/mol. The number of nitrogens with zero attached hydrogens (tertiary/aromatic N) is 2. The summed E-state index contributed by atoms with van der Waals surface area (Å²) in [6.45, 7) is 6.38. The molecule has 1 aromatic carbocycles. The summed E-state index contributed by atoms with van der Waals surface area (Å²) < 4.78 is 0. The second-order valence-electron chi connectivity index (χ2n) is 8.40. The molecule has 0 bridgehead atoms. The second kappa shape index (κ2) is 10.7. The van der Waals surface area contributed by atoms with Crippen molar-refractivity contribution in [3.63, 3.8) is 0 Å². The van der Waals surface area contributed by atoms with Crippen LogP contribution in [0.2, 0.25) is 0 Å². The summed E-state index contributed by atoms with van der Waals surface area (Å²) in [6.07, 6.45) is 5.93. The molecule has 8 heteroatoms. The summed E-state index contributed by atoms with van der Waals surface area (Å²) in [6, 6.07) is 10.6. The number of hydrogen-bond acceptors (Lipinski definition) is 6. The van der Waals surface area contributed by atoms with Gasteiger partial charge in [-0.25, -0.2) is 4.98 Å². The first kappa shape index (κ1) is 23.9. The summed E-state index contributed by atoms with van der Waals surface area (Å²) in [5.41, 5.74) is 3.34. The molecule has 0 fully saturated rings. The molecule has 0 radical (unpaired) electrons. The number of pyridine rings is 1. The first-order valence-electron chi connectivity index (χ1n) is 10.3. The molecule has 2 amide bonds. The van der Waals surface area contributed by atoms with Gasteiger partial charge in [0, 0.05) is 28.9 Å². The molecule has 3 rings (SSSR count). The van der Waals surface area contributed by atoms with E-state index in [4.69, 9.17) is 0 Å². The SMILES string of the molecule is CSCCC(NC(=O)c1ccc(C(C)(C)C)cc1)C(=O)Nc1nc(-c2cccnc2)cs1. The third-order valence-electron chi connectivity index (χ3n) is 4.94. The molecule has 3 aromatic rings. The predicted octanol–water partition coefficient (Wildman–Crippen LogP) is 4.99. The molecule has 0 saturated carbocycles. The van der Waals surface area contributed by atoms with Gasteiger partial charge in [-0.3, -0.25) is 14.6 Å². The number of anilines is 1. The van der Waals surface area contributed by atoms with Crippen LogP contribution in [-0.2, 0) is 10.2 Å². The van der Waals surface area contributed by atoms with Crippen molar-refractivity contribution in [2.45, 2.75) is 38.6 Å². The van der Waals surface area contributed by atoms with E-state index >= 15 is 0 Å². The number of amides is 2. The molecule has 0 spiro atoms. The van der Waals surface area contributed by atoms with Gasteiger partial charge in [-0.1, -0.05) is 32.9 Å². The molecule has 168 valence electrons. The van der Waals surface area contributed by atoms with Gasteiger partial charge in [0.1, 0.15) is 6.04 Å². The molecule has 0 aliphatic carbocycles. The highest BCUT2D eigenvalue weighted by molar-refractivity contribution is 7.98. The Hall–Kier alpha value is -2.71. The third kappa shape index (κ3) is 6.40. The van der Waals surface area contributed by atoms with Crippen LogP contribution >= 0.6 is 23.1 Å². The largest absolute Gasteiger partial charge is 0.340 e. The van der Waals surface area contributed by atoms with Gasteiger partial charge in [0.15, 0.2) is 5.13 Å². The van der Waals surface area contributed by atoms with Gasteiger partial charge < -0.3 is 10.6 Å². The van der Waals surface area contributed by atoms with Crippen molar-refractivity contribution in [2.75, 3.05) is 17.3 Å². The summed E-state index contributed by atoms with van der Waals surface area (Å²) in [4.78, 5) is 34.3. The van der Waals surface area contributed by atoms with E-state index in [2.05, 4.69) is 41.4 Å². The average Bonchev–Trinajstić information content (AvgIpc) is 3.25. The Bertz CT molecular complexity index is 1040. The Morgan fingerprint density at radius 1 is 1.16 bits per heavy atom. The Balaban J connectivity index is 1.68. The molecule has 1 unspecified atom stereocenters.